The van der Waals surface area contributed by atoms with Gasteiger partial charge in [0.1, 0.15) is 15.8 Å². The molecule has 1 saturated heterocycles. The molecule has 0 aromatic heterocycles. The van der Waals surface area contributed by atoms with Gasteiger partial charge in [0.15, 0.2) is 5.12 Å². The van der Waals surface area contributed by atoms with Gasteiger partial charge in [0.25, 0.3) is 0 Å². The van der Waals surface area contributed by atoms with Crippen LogP contribution in [-0.2, 0) is 9.53 Å². The number of carbonyl (C=O) groups excluding carboxylic acids is 1. The van der Waals surface area contributed by atoms with Gasteiger partial charge in [-0.15, -0.1) is 0 Å². The Labute approximate surface area is 160 Å². The normalized spacial score (nSPS) is 22.5. The second-order valence-electron chi connectivity index (χ2n) is 7.30. The predicted molar refractivity (Wildman–Crippen MR) is 111 cm³/mol. The Morgan fingerprint density at radius 3 is 2.80 bits per heavy atom. The van der Waals surface area contributed by atoms with Crippen LogP contribution in [0.1, 0.15) is 71.1 Å². The van der Waals surface area contributed by atoms with E-state index in [0.29, 0.717) is 5.12 Å². The molecule has 0 aliphatic carbocycles. The van der Waals surface area contributed by atoms with Crippen LogP contribution in [-0.4, -0.2) is 56.0 Å². The summed E-state index contributed by atoms with van der Waals surface area (Å²) in [6, 6.07) is 2.65. The van der Waals surface area contributed by atoms with E-state index < -0.39 is 8.96 Å². The number of ether oxygens (including phenoxy) is 1. The van der Waals surface area contributed by atoms with Crippen LogP contribution in [0.25, 0.3) is 0 Å². The SMILES string of the molecule is CCCCCCCC(=O)SCCC[SiH]1CCCC(OCO)CCN1C. The van der Waals surface area contributed by atoms with Crippen LogP contribution in [0.3, 0.4) is 0 Å². The van der Waals surface area contributed by atoms with Gasteiger partial charge in [-0.2, -0.15) is 0 Å². The minimum atomic E-state index is -0.849. The number of rotatable bonds is 12. The van der Waals surface area contributed by atoms with E-state index in [2.05, 4.69) is 18.5 Å². The first-order chi connectivity index (χ1) is 12.2. The van der Waals surface area contributed by atoms with E-state index in [9.17, 15) is 4.79 Å². The summed E-state index contributed by atoms with van der Waals surface area (Å²) in [5, 5.41) is 9.32. The number of nitrogens with zero attached hydrogens (tertiary/aromatic N) is 1. The molecule has 0 amide bonds. The minimum absolute atomic E-state index is 0.154. The first kappa shape index (κ1) is 23.2. The zero-order valence-corrected chi connectivity index (χ0v) is 18.4. The lowest BCUT2D eigenvalue weighted by atomic mass is 10.1. The molecule has 25 heavy (non-hydrogen) atoms. The highest BCUT2D eigenvalue weighted by molar-refractivity contribution is 8.13. The van der Waals surface area contributed by atoms with E-state index >= 15 is 0 Å². The maximum absolute atomic E-state index is 11.9. The van der Waals surface area contributed by atoms with Crippen molar-refractivity contribution in [3.63, 3.8) is 0 Å². The summed E-state index contributed by atoms with van der Waals surface area (Å²) in [6.07, 6.45) is 11.6. The summed E-state index contributed by atoms with van der Waals surface area (Å²) < 4.78 is 7.96. The summed E-state index contributed by atoms with van der Waals surface area (Å²) >= 11 is 1.56. The molecule has 1 aliphatic rings. The average Bonchev–Trinajstić information content (AvgIpc) is 2.59. The maximum Gasteiger partial charge on any atom is 0.188 e. The summed E-state index contributed by atoms with van der Waals surface area (Å²) in [5.74, 6) is 1.00. The Morgan fingerprint density at radius 2 is 2.04 bits per heavy atom. The van der Waals surface area contributed by atoms with Crippen molar-refractivity contribution in [2.75, 3.05) is 26.1 Å². The Morgan fingerprint density at radius 1 is 1.24 bits per heavy atom. The Bertz CT molecular complexity index is 347. The van der Waals surface area contributed by atoms with Gasteiger partial charge in [0, 0.05) is 12.2 Å². The van der Waals surface area contributed by atoms with Crippen molar-refractivity contribution in [2.45, 2.75) is 89.3 Å². The first-order valence-corrected chi connectivity index (χ1v) is 13.4. The van der Waals surface area contributed by atoms with Crippen LogP contribution in [0.2, 0.25) is 12.1 Å². The molecule has 2 unspecified atom stereocenters. The first-order valence-electron chi connectivity index (χ1n) is 10.3. The molecular weight excluding hydrogens is 350 g/mol. The van der Waals surface area contributed by atoms with E-state index in [-0.39, 0.29) is 12.9 Å². The fourth-order valence-electron chi connectivity index (χ4n) is 3.56. The average molecular weight is 390 g/mol. The Kier molecular flexibility index (Phi) is 14.1. The molecular formula is C19H39NO3SSi. The van der Waals surface area contributed by atoms with Crippen LogP contribution in [0.5, 0.6) is 0 Å². The number of aliphatic hydroxyl groups is 1. The van der Waals surface area contributed by atoms with Crippen molar-refractivity contribution in [1.29, 1.82) is 0 Å². The molecule has 148 valence electrons. The molecule has 0 saturated carbocycles. The van der Waals surface area contributed by atoms with Crippen LogP contribution in [0.4, 0.5) is 0 Å². The number of thioether (sulfide) groups is 1. The number of carbonyl (C=O) groups is 1. The number of hydrogen-bond donors (Lipinski definition) is 1. The van der Waals surface area contributed by atoms with Crippen molar-refractivity contribution in [3.05, 3.63) is 0 Å². The van der Waals surface area contributed by atoms with Gasteiger partial charge in [-0.3, -0.25) is 4.79 Å². The second-order valence-corrected chi connectivity index (χ2v) is 11.8. The molecule has 0 bridgehead atoms. The highest BCUT2D eigenvalue weighted by atomic mass is 32.2. The highest BCUT2D eigenvalue weighted by Crippen LogP contribution is 2.21. The standard InChI is InChI=1S/C19H39NO3SSi/c1-3-4-5-6-7-11-19(22)24-14-9-16-25-15-8-10-18(23-17-21)12-13-20(25)2/h18,21,25H,3-17H2,1-2H3. The van der Waals surface area contributed by atoms with E-state index in [4.69, 9.17) is 9.84 Å². The van der Waals surface area contributed by atoms with Gasteiger partial charge >= 0.3 is 0 Å². The highest BCUT2D eigenvalue weighted by Gasteiger charge is 2.22. The van der Waals surface area contributed by atoms with E-state index in [1.807, 2.05) is 0 Å². The van der Waals surface area contributed by atoms with Gasteiger partial charge in [0.2, 0.25) is 0 Å². The predicted octanol–water partition coefficient (Wildman–Crippen LogP) is 4.17. The third-order valence-corrected chi connectivity index (χ3v) is 9.90. The molecule has 2 atom stereocenters. The zero-order chi connectivity index (χ0) is 18.3. The van der Waals surface area contributed by atoms with Gasteiger partial charge in [-0.1, -0.05) is 50.8 Å². The van der Waals surface area contributed by atoms with E-state index in [1.54, 1.807) is 11.8 Å². The third-order valence-electron chi connectivity index (χ3n) is 5.23. The molecule has 1 fully saturated rings. The van der Waals surface area contributed by atoms with Crippen molar-refractivity contribution < 1.29 is 14.6 Å². The van der Waals surface area contributed by atoms with Gasteiger partial charge in [-0.05, 0) is 51.4 Å². The number of unbranched alkanes of at least 4 members (excludes halogenated alkanes) is 4. The van der Waals surface area contributed by atoms with Crippen LogP contribution in [0.15, 0.2) is 0 Å². The zero-order valence-electron chi connectivity index (χ0n) is 16.4. The molecule has 1 rings (SSSR count). The number of aliphatic hydroxyl groups excluding tert-OH is 1. The van der Waals surface area contributed by atoms with E-state index in [0.717, 1.165) is 38.0 Å². The quantitative estimate of drug-likeness (QED) is 0.308. The summed E-state index contributed by atoms with van der Waals surface area (Å²) in [4.78, 5) is 11.9. The van der Waals surface area contributed by atoms with Crippen molar-refractivity contribution >= 4 is 25.8 Å². The lowest BCUT2D eigenvalue weighted by Crippen LogP contribution is -2.40. The fourth-order valence-corrected chi connectivity index (χ4v) is 7.75. The van der Waals surface area contributed by atoms with Crippen molar-refractivity contribution in [3.8, 4) is 0 Å². The van der Waals surface area contributed by atoms with Crippen molar-refractivity contribution in [2.24, 2.45) is 0 Å². The minimum Gasteiger partial charge on any atom is -0.371 e. The molecule has 1 N–H and O–H groups in total. The lowest BCUT2D eigenvalue weighted by Gasteiger charge is -2.31. The van der Waals surface area contributed by atoms with E-state index in [1.165, 1.54) is 50.6 Å². The van der Waals surface area contributed by atoms with Crippen LogP contribution >= 0.6 is 11.8 Å². The third kappa shape index (κ3) is 11.4. The van der Waals surface area contributed by atoms with Gasteiger partial charge in [-0.25, -0.2) is 0 Å². The molecule has 4 nitrogen and oxygen atoms in total. The maximum atomic E-state index is 11.9. The van der Waals surface area contributed by atoms with Crippen molar-refractivity contribution in [1.82, 2.24) is 4.57 Å². The molecule has 1 aliphatic heterocycles. The molecule has 0 spiro atoms. The molecule has 6 heteroatoms. The largest absolute Gasteiger partial charge is 0.371 e. The van der Waals surface area contributed by atoms with Gasteiger partial charge in [0.05, 0.1) is 6.10 Å². The smallest absolute Gasteiger partial charge is 0.188 e. The topological polar surface area (TPSA) is 49.8 Å². The summed E-state index contributed by atoms with van der Waals surface area (Å²) in [5.41, 5.74) is 0. The summed E-state index contributed by atoms with van der Waals surface area (Å²) in [6.45, 7) is 3.16. The van der Waals surface area contributed by atoms with Crippen LogP contribution in [0, 0.1) is 0 Å². The Hall–Kier alpha value is 0.117. The Balaban J connectivity index is 2.09. The number of hydrogen-bond acceptors (Lipinski definition) is 5. The monoisotopic (exact) mass is 389 g/mol. The fraction of sp³-hybridized carbons (Fsp3) is 0.947. The molecule has 0 aromatic carbocycles. The van der Waals surface area contributed by atoms with Gasteiger partial charge < -0.3 is 14.4 Å². The second kappa shape index (κ2) is 15.2. The summed E-state index contributed by atoms with van der Waals surface area (Å²) in [7, 11) is 1.41. The molecule has 1 heterocycles. The molecule has 0 radical (unpaired) electrons. The molecule has 0 aromatic rings. The lowest BCUT2D eigenvalue weighted by molar-refractivity contribution is -0.111. The van der Waals surface area contributed by atoms with Crippen LogP contribution < -0.4 is 0 Å².